The minimum atomic E-state index is -3.78. The highest BCUT2D eigenvalue weighted by Crippen LogP contribution is 2.60. The number of hydrogen-bond donors (Lipinski definition) is 1. The molecule has 2 aromatic carbocycles. The summed E-state index contributed by atoms with van der Waals surface area (Å²) in [5, 5.41) is 2.78. The van der Waals surface area contributed by atoms with Gasteiger partial charge in [-0.3, -0.25) is 13.9 Å². The van der Waals surface area contributed by atoms with Crippen LogP contribution in [0.15, 0.2) is 48.5 Å². The van der Waals surface area contributed by atoms with E-state index >= 15 is 0 Å². The van der Waals surface area contributed by atoms with Gasteiger partial charge in [-0.2, -0.15) is 0 Å². The summed E-state index contributed by atoms with van der Waals surface area (Å²) in [6.07, 6.45) is 8.89. The number of ether oxygens (including phenoxy) is 1. The Balaban J connectivity index is 1.39. The third kappa shape index (κ3) is 6.25. The first kappa shape index (κ1) is 29.4. The third-order valence-corrected chi connectivity index (χ3v) is 10.6. The third-order valence-electron chi connectivity index (χ3n) is 9.49. The van der Waals surface area contributed by atoms with Crippen LogP contribution in [0.25, 0.3) is 0 Å². The number of hydrogen-bond acceptors (Lipinski definition) is 5. The lowest BCUT2D eigenvalue weighted by molar-refractivity contribution is -0.139. The van der Waals surface area contributed by atoms with Gasteiger partial charge < -0.3 is 15.0 Å². The van der Waals surface area contributed by atoms with Crippen molar-refractivity contribution in [2.24, 2.45) is 17.8 Å². The molecule has 4 aliphatic rings. The fourth-order valence-corrected chi connectivity index (χ4v) is 8.78. The fraction of sp³-hybridized carbons (Fsp3) is 0.562. The number of amides is 2. The molecule has 2 amide bonds. The molecule has 41 heavy (non-hydrogen) atoms. The molecule has 0 spiro atoms. The quantitative estimate of drug-likeness (QED) is 0.422. The maximum absolute atomic E-state index is 13.8. The van der Waals surface area contributed by atoms with E-state index in [1.54, 1.807) is 20.1 Å². The topological polar surface area (TPSA) is 96.0 Å². The van der Waals surface area contributed by atoms with E-state index < -0.39 is 28.5 Å². The van der Waals surface area contributed by atoms with E-state index in [1.807, 2.05) is 37.3 Å². The first-order valence-electron chi connectivity index (χ1n) is 14.8. The average Bonchev–Trinajstić information content (AvgIpc) is 2.93. The summed E-state index contributed by atoms with van der Waals surface area (Å²) in [6.45, 7) is 3.64. The largest absolute Gasteiger partial charge is 0.497 e. The van der Waals surface area contributed by atoms with Gasteiger partial charge in [-0.05, 0) is 111 Å². The lowest BCUT2D eigenvalue weighted by Gasteiger charge is -2.57. The smallest absolute Gasteiger partial charge is 0.244 e. The summed E-state index contributed by atoms with van der Waals surface area (Å²) in [5.74, 6) is 2.32. The number of carbonyl (C=O) groups is 2. The van der Waals surface area contributed by atoms with E-state index in [0.29, 0.717) is 18.0 Å². The van der Waals surface area contributed by atoms with Crippen LogP contribution in [-0.2, 0) is 31.6 Å². The molecule has 0 saturated heterocycles. The van der Waals surface area contributed by atoms with Crippen LogP contribution in [0, 0.1) is 17.8 Å². The number of nitrogens with one attached hydrogen (secondary N) is 1. The Bertz CT molecular complexity index is 1340. The minimum absolute atomic E-state index is 0.136. The Kier molecular flexibility index (Phi) is 8.37. The van der Waals surface area contributed by atoms with Crippen molar-refractivity contribution in [1.29, 1.82) is 0 Å². The fourth-order valence-electron chi connectivity index (χ4n) is 7.93. The predicted octanol–water partition coefficient (Wildman–Crippen LogP) is 4.48. The first-order valence-corrected chi connectivity index (χ1v) is 16.6. The zero-order chi connectivity index (χ0) is 29.4. The number of likely N-dealkylation sites (N-methyl/N-ethyl adjacent to an activating group) is 1. The summed E-state index contributed by atoms with van der Waals surface area (Å²) in [4.78, 5) is 28.0. The maximum Gasteiger partial charge on any atom is 0.244 e. The van der Waals surface area contributed by atoms with Crippen LogP contribution in [0.5, 0.6) is 5.75 Å². The molecule has 0 heterocycles. The first-order chi connectivity index (χ1) is 19.5. The maximum atomic E-state index is 13.8. The predicted molar refractivity (Wildman–Crippen MR) is 160 cm³/mol. The van der Waals surface area contributed by atoms with Gasteiger partial charge in [0.15, 0.2) is 0 Å². The molecule has 4 fully saturated rings. The molecule has 1 N–H and O–H groups in total. The highest BCUT2D eigenvalue weighted by atomic mass is 32.2. The van der Waals surface area contributed by atoms with Gasteiger partial charge in [0.25, 0.3) is 0 Å². The van der Waals surface area contributed by atoms with Crippen LogP contribution in [0.2, 0.25) is 0 Å². The van der Waals surface area contributed by atoms with Crippen molar-refractivity contribution in [1.82, 2.24) is 10.2 Å². The molecule has 4 aliphatic carbocycles. The Morgan fingerprint density at radius 2 is 1.63 bits per heavy atom. The second-order valence-corrected chi connectivity index (χ2v) is 14.4. The van der Waals surface area contributed by atoms with Crippen molar-refractivity contribution in [2.75, 3.05) is 30.8 Å². The van der Waals surface area contributed by atoms with Gasteiger partial charge in [0, 0.05) is 13.1 Å². The van der Waals surface area contributed by atoms with Crippen LogP contribution in [0.1, 0.15) is 63.5 Å². The average molecular weight is 582 g/mol. The molecule has 2 aromatic rings. The standard InChI is InChI=1S/C32H43N3O5S/c1-5-33-31(37)22(2)34(20-23-7-6-8-29(16-23)40-3)30(36)21-35(41(4,38)39)28-11-9-27(10-12-28)32-17-24-13-25(18-32)15-26(14-24)19-32/h6-12,16,22,24-26H,5,13-15,17-21H2,1-4H3,(H,33,37)/t22-,24?,25?,26?,32?/m0/s1. The normalized spacial score (nSPS) is 25.4. The lowest BCUT2D eigenvalue weighted by Crippen LogP contribution is -2.51. The number of anilines is 1. The number of methoxy groups -OCH3 is 1. The highest BCUT2D eigenvalue weighted by molar-refractivity contribution is 7.92. The van der Waals surface area contributed by atoms with Gasteiger partial charge in [0.05, 0.1) is 19.1 Å². The van der Waals surface area contributed by atoms with Crippen LogP contribution in [0.4, 0.5) is 5.69 Å². The molecule has 9 heteroatoms. The molecular formula is C32H43N3O5S. The van der Waals surface area contributed by atoms with Crippen molar-refractivity contribution < 1.29 is 22.7 Å². The molecule has 0 unspecified atom stereocenters. The van der Waals surface area contributed by atoms with E-state index in [1.165, 1.54) is 49.0 Å². The zero-order valence-corrected chi connectivity index (χ0v) is 25.5. The van der Waals surface area contributed by atoms with E-state index in [-0.39, 0.29) is 17.9 Å². The summed E-state index contributed by atoms with van der Waals surface area (Å²) in [5.41, 5.74) is 2.74. The second kappa shape index (κ2) is 11.7. The monoisotopic (exact) mass is 581 g/mol. The van der Waals surface area contributed by atoms with Gasteiger partial charge in [-0.1, -0.05) is 24.3 Å². The van der Waals surface area contributed by atoms with Gasteiger partial charge in [-0.25, -0.2) is 8.42 Å². The molecule has 6 rings (SSSR count). The Labute approximate surface area is 244 Å². The highest BCUT2D eigenvalue weighted by Gasteiger charge is 2.51. The lowest BCUT2D eigenvalue weighted by atomic mass is 9.48. The van der Waals surface area contributed by atoms with Gasteiger partial charge in [-0.15, -0.1) is 0 Å². The summed E-state index contributed by atoms with van der Waals surface area (Å²) < 4.78 is 32.5. The van der Waals surface area contributed by atoms with Crippen molar-refractivity contribution in [2.45, 2.75) is 70.4 Å². The second-order valence-electron chi connectivity index (χ2n) is 12.5. The van der Waals surface area contributed by atoms with Crippen molar-refractivity contribution >= 4 is 27.5 Å². The number of rotatable bonds is 11. The molecule has 8 nitrogen and oxygen atoms in total. The summed E-state index contributed by atoms with van der Waals surface area (Å²) in [6, 6.07) is 14.3. The van der Waals surface area contributed by atoms with Crippen LogP contribution in [-0.4, -0.2) is 57.6 Å². The van der Waals surface area contributed by atoms with E-state index in [2.05, 4.69) is 17.4 Å². The summed E-state index contributed by atoms with van der Waals surface area (Å²) in [7, 11) is -2.21. The molecule has 0 aromatic heterocycles. The van der Waals surface area contributed by atoms with E-state index in [0.717, 1.165) is 33.9 Å². The zero-order valence-electron chi connectivity index (χ0n) is 24.6. The Hall–Kier alpha value is -3.07. The number of carbonyl (C=O) groups excluding carboxylic acids is 2. The van der Waals surface area contributed by atoms with Crippen molar-refractivity contribution in [3.63, 3.8) is 0 Å². The van der Waals surface area contributed by atoms with Crippen molar-refractivity contribution in [3.05, 3.63) is 59.7 Å². The molecule has 222 valence electrons. The molecule has 4 bridgehead atoms. The van der Waals surface area contributed by atoms with Gasteiger partial charge in [0.2, 0.25) is 21.8 Å². The van der Waals surface area contributed by atoms with Gasteiger partial charge in [0.1, 0.15) is 18.3 Å². The van der Waals surface area contributed by atoms with Crippen LogP contribution in [0.3, 0.4) is 0 Å². The molecule has 0 aliphatic heterocycles. The Morgan fingerprint density at radius 1 is 1.02 bits per heavy atom. The van der Waals surface area contributed by atoms with Crippen molar-refractivity contribution in [3.8, 4) is 5.75 Å². The molecule has 4 saturated carbocycles. The molecule has 1 atom stereocenters. The number of sulfonamides is 1. The van der Waals surface area contributed by atoms with Gasteiger partial charge >= 0.3 is 0 Å². The molecular weight excluding hydrogens is 538 g/mol. The van der Waals surface area contributed by atoms with Crippen LogP contribution >= 0.6 is 0 Å². The minimum Gasteiger partial charge on any atom is -0.497 e. The summed E-state index contributed by atoms with van der Waals surface area (Å²) >= 11 is 0. The number of benzene rings is 2. The van der Waals surface area contributed by atoms with E-state index in [9.17, 15) is 18.0 Å². The van der Waals surface area contributed by atoms with E-state index in [4.69, 9.17) is 4.74 Å². The molecule has 0 radical (unpaired) electrons. The number of nitrogens with zero attached hydrogens (tertiary/aromatic N) is 2. The SMILES string of the molecule is CCNC(=O)[C@H](C)N(Cc1cccc(OC)c1)C(=O)CN(c1ccc(C23CC4CC(CC(C4)C2)C3)cc1)S(C)(=O)=O. The van der Waals surface area contributed by atoms with Crippen LogP contribution < -0.4 is 14.4 Å². The Morgan fingerprint density at radius 3 is 2.17 bits per heavy atom.